The zero-order chi connectivity index (χ0) is 23.7. The van der Waals surface area contributed by atoms with E-state index in [-0.39, 0.29) is 11.8 Å². The second-order valence-corrected chi connectivity index (χ2v) is 8.26. The van der Waals surface area contributed by atoms with Gasteiger partial charge in [-0.05, 0) is 66.1 Å². The van der Waals surface area contributed by atoms with Crippen molar-refractivity contribution in [3.63, 3.8) is 0 Å². The number of hydrogen-bond acceptors (Lipinski definition) is 4. The lowest BCUT2D eigenvalue weighted by Crippen LogP contribution is -2.29. The van der Waals surface area contributed by atoms with E-state index in [1.807, 2.05) is 42.5 Å². The molecular formula is C29H30N2O2. The van der Waals surface area contributed by atoms with E-state index < -0.39 is 5.41 Å². The molecule has 0 radical (unpaired) electrons. The first kappa shape index (κ1) is 23.9. The van der Waals surface area contributed by atoms with Crippen LogP contribution in [0, 0.1) is 34.0 Å². The Kier molecular flexibility index (Phi) is 8.11. The molecule has 0 bridgehead atoms. The SMILES string of the molecule is C=CCC(C#N)(C#N)C1=CCCCC1C(C=Cc1cccc(OC)c1)c1cccc(OC)c1. The molecule has 2 unspecified atom stereocenters. The minimum atomic E-state index is -1.20. The number of ether oxygens (including phenoxy) is 2. The molecule has 2 aromatic carbocycles. The highest BCUT2D eigenvalue weighted by Crippen LogP contribution is 2.47. The summed E-state index contributed by atoms with van der Waals surface area (Å²) < 4.78 is 10.9. The lowest BCUT2D eigenvalue weighted by molar-refractivity contribution is 0.399. The van der Waals surface area contributed by atoms with Crippen molar-refractivity contribution < 1.29 is 9.47 Å². The molecule has 0 saturated carbocycles. The Morgan fingerprint density at radius 3 is 2.45 bits per heavy atom. The Morgan fingerprint density at radius 2 is 1.79 bits per heavy atom. The molecule has 0 heterocycles. The van der Waals surface area contributed by atoms with Crippen LogP contribution in [0.1, 0.15) is 42.7 Å². The molecule has 4 heteroatoms. The molecule has 0 aliphatic heterocycles. The van der Waals surface area contributed by atoms with Gasteiger partial charge in [0, 0.05) is 12.3 Å². The first-order valence-corrected chi connectivity index (χ1v) is 11.2. The van der Waals surface area contributed by atoms with Crippen molar-refractivity contribution >= 4 is 6.08 Å². The molecule has 0 saturated heterocycles. The number of rotatable bonds is 9. The minimum absolute atomic E-state index is 0.0203. The number of methoxy groups -OCH3 is 2. The third kappa shape index (κ3) is 5.36. The van der Waals surface area contributed by atoms with Crippen molar-refractivity contribution in [1.29, 1.82) is 10.5 Å². The van der Waals surface area contributed by atoms with Crippen LogP contribution >= 0.6 is 0 Å². The summed E-state index contributed by atoms with van der Waals surface area (Å²) in [6, 6.07) is 20.6. The molecule has 4 nitrogen and oxygen atoms in total. The van der Waals surface area contributed by atoms with E-state index >= 15 is 0 Å². The second kappa shape index (κ2) is 11.2. The molecule has 1 aliphatic rings. The summed E-state index contributed by atoms with van der Waals surface area (Å²) >= 11 is 0. The predicted molar refractivity (Wildman–Crippen MR) is 132 cm³/mol. The van der Waals surface area contributed by atoms with Crippen LogP contribution in [0.25, 0.3) is 6.08 Å². The van der Waals surface area contributed by atoms with Gasteiger partial charge >= 0.3 is 0 Å². The van der Waals surface area contributed by atoms with Crippen molar-refractivity contribution in [3.8, 4) is 23.6 Å². The summed E-state index contributed by atoms with van der Waals surface area (Å²) in [5.74, 6) is 1.58. The lowest BCUT2D eigenvalue weighted by Gasteiger charge is -2.36. The highest BCUT2D eigenvalue weighted by atomic mass is 16.5. The summed E-state index contributed by atoms with van der Waals surface area (Å²) in [5.41, 5.74) is 1.83. The van der Waals surface area contributed by atoms with Crippen LogP contribution in [-0.2, 0) is 0 Å². The average Bonchev–Trinajstić information content (AvgIpc) is 2.88. The van der Waals surface area contributed by atoms with Gasteiger partial charge in [-0.25, -0.2) is 0 Å². The number of hydrogen-bond donors (Lipinski definition) is 0. The topological polar surface area (TPSA) is 66.0 Å². The van der Waals surface area contributed by atoms with Crippen LogP contribution in [-0.4, -0.2) is 14.2 Å². The number of benzene rings is 2. The Labute approximate surface area is 197 Å². The van der Waals surface area contributed by atoms with E-state index in [4.69, 9.17) is 9.47 Å². The van der Waals surface area contributed by atoms with Crippen LogP contribution in [0.3, 0.4) is 0 Å². The molecule has 168 valence electrons. The Bertz CT molecular complexity index is 1100. The standard InChI is InChI=1S/C29H30N2O2/c1-4-17-29(20-30,21-31)28-14-6-5-13-27(28)26(23-10-8-12-25(19-23)33-3)16-15-22-9-7-11-24(18-22)32-2/h4,7-12,14-16,18-19,26-27H,1,5-6,13,17H2,2-3H3. The molecule has 0 aromatic heterocycles. The number of nitrogens with zero attached hydrogens (tertiary/aromatic N) is 2. The highest BCUT2D eigenvalue weighted by Gasteiger charge is 2.41. The van der Waals surface area contributed by atoms with Crippen LogP contribution in [0.15, 0.2) is 78.9 Å². The first-order chi connectivity index (χ1) is 16.1. The van der Waals surface area contributed by atoms with Gasteiger partial charge in [-0.1, -0.05) is 48.6 Å². The Morgan fingerprint density at radius 1 is 1.09 bits per heavy atom. The third-order valence-corrected chi connectivity index (χ3v) is 6.31. The summed E-state index contributed by atoms with van der Waals surface area (Å²) in [6.07, 6.45) is 11.2. The molecule has 0 amide bonds. The van der Waals surface area contributed by atoms with Gasteiger partial charge in [-0.2, -0.15) is 10.5 Å². The summed E-state index contributed by atoms with van der Waals surface area (Å²) in [4.78, 5) is 0. The second-order valence-electron chi connectivity index (χ2n) is 8.26. The van der Waals surface area contributed by atoms with Gasteiger partial charge in [0.2, 0.25) is 0 Å². The van der Waals surface area contributed by atoms with Gasteiger partial charge in [0.25, 0.3) is 0 Å². The molecule has 1 aliphatic carbocycles. The largest absolute Gasteiger partial charge is 0.497 e. The summed E-state index contributed by atoms with van der Waals surface area (Å²) in [5, 5.41) is 20.1. The van der Waals surface area contributed by atoms with E-state index in [2.05, 4.69) is 43.0 Å². The molecule has 0 spiro atoms. The van der Waals surface area contributed by atoms with Crippen molar-refractivity contribution in [2.75, 3.05) is 14.2 Å². The van der Waals surface area contributed by atoms with Gasteiger partial charge in [0.05, 0.1) is 26.4 Å². The summed E-state index contributed by atoms with van der Waals surface area (Å²) in [7, 11) is 3.32. The maximum atomic E-state index is 10.1. The molecular weight excluding hydrogens is 408 g/mol. The van der Waals surface area contributed by atoms with E-state index in [1.54, 1.807) is 20.3 Å². The molecule has 0 fully saturated rings. The molecule has 2 atom stereocenters. The van der Waals surface area contributed by atoms with E-state index in [1.165, 1.54) is 0 Å². The van der Waals surface area contributed by atoms with Crippen LogP contribution in [0.5, 0.6) is 11.5 Å². The monoisotopic (exact) mass is 438 g/mol. The molecule has 0 N–H and O–H groups in total. The third-order valence-electron chi connectivity index (χ3n) is 6.31. The van der Waals surface area contributed by atoms with Crippen molar-refractivity contribution in [3.05, 3.63) is 90.0 Å². The molecule has 2 aromatic rings. The fourth-order valence-electron chi connectivity index (χ4n) is 4.63. The zero-order valence-electron chi connectivity index (χ0n) is 19.3. The van der Waals surface area contributed by atoms with Gasteiger partial charge < -0.3 is 9.47 Å². The van der Waals surface area contributed by atoms with Gasteiger partial charge in [-0.15, -0.1) is 6.58 Å². The van der Waals surface area contributed by atoms with E-state index in [0.29, 0.717) is 6.42 Å². The zero-order valence-corrected chi connectivity index (χ0v) is 19.3. The lowest BCUT2D eigenvalue weighted by atomic mass is 9.65. The fraction of sp³-hybridized carbons (Fsp3) is 0.310. The number of nitriles is 2. The van der Waals surface area contributed by atoms with Gasteiger partial charge in [0.15, 0.2) is 5.41 Å². The van der Waals surface area contributed by atoms with Crippen LogP contribution in [0.4, 0.5) is 0 Å². The fourth-order valence-corrected chi connectivity index (χ4v) is 4.63. The van der Waals surface area contributed by atoms with E-state index in [9.17, 15) is 10.5 Å². The quantitative estimate of drug-likeness (QED) is 0.402. The average molecular weight is 439 g/mol. The highest BCUT2D eigenvalue weighted by molar-refractivity contribution is 5.54. The van der Waals surface area contributed by atoms with Crippen molar-refractivity contribution in [2.24, 2.45) is 11.3 Å². The predicted octanol–water partition coefficient (Wildman–Crippen LogP) is 6.84. The molecule has 3 rings (SSSR count). The van der Waals surface area contributed by atoms with Crippen LogP contribution < -0.4 is 9.47 Å². The molecule has 33 heavy (non-hydrogen) atoms. The summed E-state index contributed by atoms with van der Waals surface area (Å²) in [6.45, 7) is 3.81. The first-order valence-electron chi connectivity index (χ1n) is 11.2. The maximum Gasteiger partial charge on any atom is 0.168 e. The van der Waals surface area contributed by atoms with E-state index in [0.717, 1.165) is 47.5 Å². The normalized spacial score (nSPS) is 16.8. The maximum absolute atomic E-state index is 10.1. The van der Waals surface area contributed by atoms with Crippen LogP contribution in [0.2, 0.25) is 0 Å². The van der Waals surface area contributed by atoms with Gasteiger partial charge in [-0.3, -0.25) is 0 Å². The Hall–Kier alpha value is -3.76. The minimum Gasteiger partial charge on any atom is -0.497 e. The smallest absolute Gasteiger partial charge is 0.168 e. The van der Waals surface area contributed by atoms with Crippen molar-refractivity contribution in [1.82, 2.24) is 0 Å². The van der Waals surface area contributed by atoms with Gasteiger partial charge in [0.1, 0.15) is 11.5 Å². The van der Waals surface area contributed by atoms with Crippen molar-refractivity contribution in [2.45, 2.75) is 31.6 Å². The Balaban J connectivity index is 2.11. The number of allylic oxidation sites excluding steroid dienone is 4.